The summed E-state index contributed by atoms with van der Waals surface area (Å²) in [6, 6.07) is 4.63. The molecule has 1 amide bonds. The molecule has 1 aliphatic rings. The van der Waals surface area contributed by atoms with Gasteiger partial charge < -0.3 is 20.2 Å². The van der Waals surface area contributed by atoms with Gasteiger partial charge in [-0.05, 0) is 30.9 Å². The fraction of sp³-hybridized carbons (Fsp3) is 0.429. The van der Waals surface area contributed by atoms with Crippen molar-refractivity contribution in [3.8, 4) is 0 Å². The van der Waals surface area contributed by atoms with E-state index in [1.165, 1.54) is 12.1 Å². The number of hydrogen-bond donors (Lipinski definition) is 2. The second kappa shape index (κ2) is 5.33. The van der Waals surface area contributed by atoms with Crippen molar-refractivity contribution in [1.82, 2.24) is 4.98 Å². The summed E-state index contributed by atoms with van der Waals surface area (Å²) in [4.78, 5) is 17.2. The highest BCUT2D eigenvalue weighted by Crippen LogP contribution is 2.27. The van der Waals surface area contributed by atoms with Crippen molar-refractivity contribution < 1.29 is 18.7 Å². The second-order valence-electron chi connectivity index (χ2n) is 5.28. The van der Waals surface area contributed by atoms with Gasteiger partial charge in [0.05, 0.1) is 0 Å². The number of aliphatic hydroxyl groups excluding tert-OH is 1. The molecule has 6 nitrogen and oxygen atoms in total. The molecule has 3 rings (SSSR count). The molecular formula is C14H16FN3O3. The average molecular weight is 293 g/mol. The predicted molar refractivity (Wildman–Crippen MR) is 74.1 cm³/mol. The Bertz CT molecular complexity index is 665. The minimum absolute atomic E-state index is 0.138. The minimum Gasteiger partial charge on any atom is -0.423 e. The lowest BCUT2D eigenvalue weighted by atomic mass is 9.91. The van der Waals surface area contributed by atoms with Crippen molar-refractivity contribution in [1.29, 1.82) is 0 Å². The lowest BCUT2D eigenvalue weighted by molar-refractivity contribution is -0.129. The Balaban J connectivity index is 1.72. The number of amides is 1. The summed E-state index contributed by atoms with van der Waals surface area (Å²) >= 11 is 0. The van der Waals surface area contributed by atoms with Crippen LogP contribution in [0.1, 0.15) is 12.8 Å². The molecule has 3 N–H and O–H groups in total. The van der Waals surface area contributed by atoms with Crippen LogP contribution in [0.15, 0.2) is 22.6 Å². The van der Waals surface area contributed by atoms with Gasteiger partial charge in [-0.25, -0.2) is 4.39 Å². The average Bonchev–Trinajstić information content (AvgIpc) is 2.89. The van der Waals surface area contributed by atoms with Crippen LogP contribution in [0.4, 0.5) is 10.4 Å². The number of anilines is 1. The fourth-order valence-corrected chi connectivity index (χ4v) is 2.66. The van der Waals surface area contributed by atoms with E-state index in [2.05, 4.69) is 4.98 Å². The van der Waals surface area contributed by atoms with Crippen LogP contribution in [0.3, 0.4) is 0 Å². The first-order chi connectivity index (χ1) is 10.0. The Morgan fingerprint density at radius 3 is 2.86 bits per heavy atom. The van der Waals surface area contributed by atoms with E-state index < -0.39 is 12.0 Å². The van der Waals surface area contributed by atoms with Gasteiger partial charge in [0.25, 0.3) is 6.01 Å². The molecule has 21 heavy (non-hydrogen) atoms. The van der Waals surface area contributed by atoms with Crippen molar-refractivity contribution in [2.75, 3.05) is 18.0 Å². The molecule has 1 unspecified atom stereocenters. The molecule has 1 saturated heterocycles. The first kappa shape index (κ1) is 13.8. The quantitative estimate of drug-likeness (QED) is 0.881. The van der Waals surface area contributed by atoms with Crippen molar-refractivity contribution in [3.63, 3.8) is 0 Å². The van der Waals surface area contributed by atoms with Crippen molar-refractivity contribution in [2.45, 2.75) is 18.9 Å². The van der Waals surface area contributed by atoms with Gasteiger partial charge in [0, 0.05) is 19.2 Å². The number of carbonyl (C=O) groups excluding carboxylic acids is 1. The summed E-state index contributed by atoms with van der Waals surface area (Å²) < 4.78 is 18.7. The Morgan fingerprint density at radius 1 is 1.48 bits per heavy atom. The molecule has 0 spiro atoms. The van der Waals surface area contributed by atoms with Gasteiger partial charge in [-0.2, -0.15) is 4.98 Å². The summed E-state index contributed by atoms with van der Waals surface area (Å²) in [5.41, 5.74) is 6.12. The number of aromatic nitrogens is 1. The molecule has 7 heteroatoms. The molecule has 1 fully saturated rings. The molecule has 0 saturated carbocycles. The maximum atomic E-state index is 13.1. The lowest BCUT2D eigenvalue weighted by Crippen LogP contribution is -2.42. The van der Waals surface area contributed by atoms with E-state index in [-0.39, 0.29) is 11.7 Å². The third-order valence-corrected chi connectivity index (χ3v) is 3.89. The Labute approximate surface area is 120 Å². The smallest absolute Gasteiger partial charge is 0.298 e. The van der Waals surface area contributed by atoms with Gasteiger partial charge >= 0.3 is 0 Å². The van der Waals surface area contributed by atoms with Crippen LogP contribution in [0.2, 0.25) is 0 Å². The number of primary amides is 1. The zero-order valence-electron chi connectivity index (χ0n) is 11.3. The zero-order valence-corrected chi connectivity index (χ0v) is 11.3. The van der Waals surface area contributed by atoms with Crippen LogP contribution in [-0.2, 0) is 4.79 Å². The highest BCUT2D eigenvalue weighted by molar-refractivity contribution is 5.79. The number of oxazole rings is 1. The molecule has 0 radical (unpaired) electrons. The number of carbonyl (C=O) groups is 1. The van der Waals surface area contributed by atoms with E-state index in [9.17, 15) is 14.3 Å². The Hall–Kier alpha value is -2.15. The van der Waals surface area contributed by atoms with Crippen molar-refractivity contribution >= 4 is 23.0 Å². The number of halogens is 1. The number of fused-ring (bicyclic) bond motifs is 1. The first-order valence-corrected chi connectivity index (χ1v) is 6.83. The molecule has 2 heterocycles. The predicted octanol–water partition coefficient (Wildman–Crippen LogP) is 1.03. The lowest BCUT2D eigenvalue weighted by Gasteiger charge is -2.32. The zero-order chi connectivity index (χ0) is 15.0. The first-order valence-electron chi connectivity index (χ1n) is 6.83. The molecular weight excluding hydrogens is 277 g/mol. The molecule has 1 aliphatic heterocycles. The van der Waals surface area contributed by atoms with Crippen molar-refractivity contribution in [3.05, 3.63) is 24.0 Å². The summed E-state index contributed by atoms with van der Waals surface area (Å²) in [5.74, 6) is -1.18. The molecule has 0 aliphatic carbocycles. The number of benzene rings is 1. The van der Waals surface area contributed by atoms with E-state index in [1.807, 2.05) is 4.90 Å². The van der Waals surface area contributed by atoms with E-state index in [0.717, 1.165) is 0 Å². The second-order valence-corrected chi connectivity index (χ2v) is 5.28. The molecule has 1 aromatic carbocycles. The van der Waals surface area contributed by atoms with Crippen LogP contribution < -0.4 is 10.6 Å². The van der Waals surface area contributed by atoms with E-state index in [0.29, 0.717) is 43.0 Å². The third-order valence-electron chi connectivity index (χ3n) is 3.89. The topological polar surface area (TPSA) is 92.6 Å². The fourth-order valence-electron chi connectivity index (χ4n) is 2.66. The largest absolute Gasteiger partial charge is 0.423 e. The van der Waals surface area contributed by atoms with Gasteiger partial charge in [0.1, 0.15) is 17.4 Å². The van der Waals surface area contributed by atoms with E-state index in [4.69, 9.17) is 10.2 Å². The van der Waals surface area contributed by atoms with Crippen LogP contribution in [-0.4, -0.2) is 35.2 Å². The minimum atomic E-state index is -1.11. The number of nitrogens with two attached hydrogens (primary N) is 1. The van der Waals surface area contributed by atoms with E-state index in [1.54, 1.807) is 6.07 Å². The highest BCUT2D eigenvalue weighted by atomic mass is 19.1. The molecule has 112 valence electrons. The Kier molecular flexibility index (Phi) is 3.50. The van der Waals surface area contributed by atoms with Crippen LogP contribution >= 0.6 is 0 Å². The van der Waals surface area contributed by atoms with Gasteiger partial charge in [0.2, 0.25) is 5.91 Å². The SMILES string of the molecule is NC(=O)C(O)C1CCN(c2nc3cc(F)ccc3o2)CC1. The normalized spacial score (nSPS) is 18.1. The molecule has 0 bridgehead atoms. The van der Waals surface area contributed by atoms with E-state index >= 15 is 0 Å². The van der Waals surface area contributed by atoms with Crippen LogP contribution in [0.5, 0.6) is 0 Å². The van der Waals surface area contributed by atoms with Gasteiger partial charge in [0.15, 0.2) is 5.58 Å². The highest BCUT2D eigenvalue weighted by Gasteiger charge is 2.29. The summed E-state index contributed by atoms with van der Waals surface area (Å²) in [6.45, 7) is 1.20. The number of aliphatic hydroxyl groups is 1. The molecule has 1 atom stereocenters. The molecule has 1 aromatic heterocycles. The maximum Gasteiger partial charge on any atom is 0.298 e. The van der Waals surface area contributed by atoms with Crippen molar-refractivity contribution in [2.24, 2.45) is 11.7 Å². The monoisotopic (exact) mass is 293 g/mol. The van der Waals surface area contributed by atoms with Crippen LogP contribution in [0, 0.1) is 11.7 Å². The standard InChI is InChI=1S/C14H16FN3O3/c15-9-1-2-11-10(7-9)17-14(21-11)18-5-3-8(4-6-18)12(19)13(16)20/h1-2,7-8,12,19H,3-6H2,(H2,16,20). The van der Waals surface area contributed by atoms with Gasteiger partial charge in [-0.1, -0.05) is 0 Å². The number of piperidine rings is 1. The Morgan fingerprint density at radius 2 is 2.19 bits per heavy atom. The number of nitrogens with zero attached hydrogens (tertiary/aromatic N) is 2. The van der Waals surface area contributed by atoms with Gasteiger partial charge in [-0.15, -0.1) is 0 Å². The van der Waals surface area contributed by atoms with Crippen LogP contribution in [0.25, 0.3) is 11.1 Å². The molecule has 2 aromatic rings. The van der Waals surface area contributed by atoms with Gasteiger partial charge in [-0.3, -0.25) is 4.79 Å². The summed E-state index contributed by atoms with van der Waals surface area (Å²) in [7, 11) is 0. The summed E-state index contributed by atoms with van der Waals surface area (Å²) in [5, 5.41) is 9.68. The third kappa shape index (κ3) is 2.69. The summed E-state index contributed by atoms with van der Waals surface area (Å²) in [6.07, 6.45) is 0.138. The maximum absolute atomic E-state index is 13.1. The number of rotatable bonds is 3. The number of hydrogen-bond acceptors (Lipinski definition) is 5.